The molecule has 4 heteroatoms. The fourth-order valence-electron chi connectivity index (χ4n) is 1.14. The van der Waals surface area contributed by atoms with Crippen molar-refractivity contribution in [3.8, 4) is 11.8 Å². The maximum Gasteiger partial charge on any atom is 0.131 e. The maximum absolute atomic E-state index is 9.75. The van der Waals surface area contributed by atoms with E-state index in [4.69, 9.17) is 10.00 Å². The van der Waals surface area contributed by atoms with Crippen molar-refractivity contribution in [2.24, 2.45) is 0 Å². The number of benzene rings is 1. The van der Waals surface area contributed by atoms with E-state index >= 15 is 0 Å². The van der Waals surface area contributed by atoms with Crippen LogP contribution in [0.1, 0.15) is 11.7 Å². The minimum absolute atomic E-state index is 0.583. The second-order valence-electron chi connectivity index (χ2n) is 2.72. The van der Waals surface area contributed by atoms with E-state index in [2.05, 4.69) is 15.9 Å². The standard InChI is InChI=1S/C10H10BrNO2/c1-14-9-5-3-2-4-7(9)10(13)8(11)6-12/h2-5,8,10,13H,1H3. The Morgan fingerprint density at radius 3 is 2.71 bits per heavy atom. The molecular formula is C10H10BrNO2. The zero-order valence-electron chi connectivity index (χ0n) is 7.64. The van der Waals surface area contributed by atoms with Crippen LogP contribution in [0.2, 0.25) is 0 Å². The van der Waals surface area contributed by atoms with Gasteiger partial charge in [-0.3, -0.25) is 0 Å². The molecule has 0 spiro atoms. The summed E-state index contributed by atoms with van der Waals surface area (Å²) in [6.45, 7) is 0. The fourth-order valence-corrected chi connectivity index (χ4v) is 1.42. The molecule has 1 aromatic carbocycles. The first-order chi connectivity index (χ1) is 6.70. The number of ether oxygens (including phenoxy) is 1. The summed E-state index contributed by atoms with van der Waals surface area (Å²) in [6.07, 6.45) is -0.879. The molecule has 0 aliphatic carbocycles. The average Bonchev–Trinajstić information content (AvgIpc) is 2.26. The number of aliphatic hydroxyl groups excluding tert-OH is 1. The summed E-state index contributed by atoms with van der Waals surface area (Å²) < 4.78 is 5.07. The Hall–Kier alpha value is -1.05. The van der Waals surface area contributed by atoms with Crippen LogP contribution in [0.3, 0.4) is 0 Å². The lowest BCUT2D eigenvalue weighted by molar-refractivity contribution is 0.185. The van der Waals surface area contributed by atoms with Crippen LogP contribution < -0.4 is 4.74 Å². The Kier molecular flexibility index (Phi) is 3.93. The number of para-hydroxylation sites is 1. The molecular weight excluding hydrogens is 246 g/mol. The summed E-state index contributed by atoms with van der Waals surface area (Å²) in [5.41, 5.74) is 0.610. The van der Waals surface area contributed by atoms with Gasteiger partial charge in [-0.1, -0.05) is 34.1 Å². The Morgan fingerprint density at radius 2 is 2.14 bits per heavy atom. The van der Waals surface area contributed by atoms with Gasteiger partial charge in [0.2, 0.25) is 0 Å². The molecule has 0 saturated heterocycles. The van der Waals surface area contributed by atoms with E-state index in [1.54, 1.807) is 18.2 Å². The molecule has 0 fully saturated rings. The molecule has 0 heterocycles. The summed E-state index contributed by atoms with van der Waals surface area (Å²) in [6, 6.07) is 9.00. The number of hydrogen-bond donors (Lipinski definition) is 1. The van der Waals surface area contributed by atoms with Crippen molar-refractivity contribution < 1.29 is 9.84 Å². The number of rotatable bonds is 3. The van der Waals surface area contributed by atoms with Gasteiger partial charge in [0.05, 0.1) is 13.2 Å². The largest absolute Gasteiger partial charge is 0.496 e. The number of halogens is 1. The van der Waals surface area contributed by atoms with E-state index in [0.717, 1.165) is 0 Å². The third-order valence-electron chi connectivity index (χ3n) is 1.86. The van der Waals surface area contributed by atoms with Crippen molar-refractivity contribution in [3.63, 3.8) is 0 Å². The lowest BCUT2D eigenvalue weighted by Gasteiger charge is -2.14. The molecule has 0 bridgehead atoms. The molecule has 1 rings (SSSR count). The molecule has 1 aromatic rings. The van der Waals surface area contributed by atoms with Gasteiger partial charge in [-0.25, -0.2) is 0 Å². The second-order valence-corrected chi connectivity index (χ2v) is 3.70. The van der Waals surface area contributed by atoms with Crippen LogP contribution in [0.4, 0.5) is 0 Å². The summed E-state index contributed by atoms with van der Waals surface area (Å²) in [5.74, 6) is 0.583. The Labute approximate surface area is 91.1 Å². The maximum atomic E-state index is 9.75. The molecule has 1 N–H and O–H groups in total. The minimum atomic E-state index is -0.879. The van der Waals surface area contributed by atoms with Crippen LogP contribution in [-0.2, 0) is 0 Å². The van der Waals surface area contributed by atoms with Crippen molar-refractivity contribution in [2.45, 2.75) is 10.9 Å². The van der Waals surface area contributed by atoms with E-state index in [0.29, 0.717) is 11.3 Å². The van der Waals surface area contributed by atoms with E-state index in [9.17, 15) is 5.11 Å². The van der Waals surface area contributed by atoms with Gasteiger partial charge >= 0.3 is 0 Å². The topological polar surface area (TPSA) is 53.2 Å². The van der Waals surface area contributed by atoms with Gasteiger partial charge in [0.25, 0.3) is 0 Å². The van der Waals surface area contributed by atoms with Gasteiger partial charge < -0.3 is 9.84 Å². The van der Waals surface area contributed by atoms with Crippen LogP contribution in [0.15, 0.2) is 24.3 Å². The molecule has 0 radical (unpaired) electrons. The number of alkyl halides is 1. The second kappa shape index (κ2) is 4.99. The lowest BCUT2D eigenvalue weighted by Crippen LogP contribution is -2.10. The van der Waals surface area contributed by atoms with Gasteiger partial charge in [0, 0.05) is 5.56 Å². The molecule has 2 unspecified atom stereocenters. The van der Waals surface area contributed by atoms with Crippen LogP contribution in [0, 0.1) is 11.3 Å². The van der Waals surface area contributed by atoms with Gasteiger partial charge in [-0.2, -0.15) is 5.26 Å². The van der Waals surface area contributed by atoms with Gasteiger partial charge in [-0.15, -0.1) is 0 Å². The van der Waals surface area contributed by atoms with E-state index in [-0.39, 0.29) is 0 Å². The van der Waals surface area contributed by atoms with Crippen molar-refractivity contribution in [1.29, 1.82) is 5.26 Å². The SMILES string of the molecule is COc1ccccc1C(O)C(Br)C#N. The molecule has 3 nitrogen and oxygen atoms in total. The number of hydrogen-bond acceptors (Lipinski definition) is 3. The first-order valence-electron chi connectivity index (χ1n) is 4.05. The number of nitrogens with zero attached hydrogens (tertiary/aromatic N) is 1. The predicted octanol–water partition coefficient (Wildman–Crippen LogP) is 2.02. The predicted molar refractivity (Wildman–Crippen MR) is 56.3 cm³/mol. The quantitative estimate of drug-likeness (QED) is 0.841. The summed E-state index contributed by atoms with van der Waals surface area (Å²) >= 11 is 3.08. The van der Waals surface area contributed by atoms with Crippen LogP contribution in [0.25, 0.3) is 0 Å². The van der Waals surface area contributed by atoms with Crippen molar-refractivity contribution in [3.05, 3.63) is 29.8 Å². The molecule has 0 aliphatic heterocycles. The molecule has 14 heavy (non-hydrogen) atoms. The average molecular weight is 256 g/mol. The van der Waals surface area contributed by atoms with Gasteiger partial charge in [0.1, 0.15) is 16.7 Å². The number of nitriles is 1. The molecule has 2 atom stereocenters. The molecule has 0 amide bonds. The van der Waals surface area contributed by atoms with Gasteiger partial charge in [-0.05, 0) is 6.07 Å². The first-order valence-corrected chi connectivity index (χ1v) is 4.97. The number of aliphatic hydroxyl groups is 1. The van der Waals surface area contributed by atoms with Crippen LogP contribution >= 0.6 is 15.9 Å². The van der Waals surface area contributed by atoms with E-state index in [1.165, 1.54) is 7.11 Å². The summed E-state index contributed by atoms with van der Waals surface area (Å²) in [5, 5.41) is 18.4. The zero-order chi connectivity index (χ0) is 10.6. The first kappa shape index (κ1) is 11.0. The summed E-state index contributed by atoms with van der Waals surface area (Å²) in [7, 11) is 1.53. The summed E-state index contributed by atoms with van der Waals surface area (Å²) in [4.78, 5) is -0.626. The molecule has 74 valence electrons. The molecule has 0 saturated carbocycles. The third-order valence-corrected chi connectivity index (χ3v) is 2.56. The monoisotopic (exact) mass is 255 g/mol. The normalized spacial score (nSPS) is 14.1. The molecule has 0 aliphatic rings. The third kappa shape index (κ3) is 2.25. The smallest absolute Gasteiger partial charge is 0.131 e. The lowest BCUT2D eigenvalue weighted by atomic mass is 10.1. The van der Waals surface area contributed by atoms with Crippen molar-refractivity contribution in [1.82, 2.24) is 0 Å². The van der Waals surface area contributed by atoms with E-state index < -0.39 is 10.9 Å². The van der Waals surface area contributed by atoms with Crippen molar-refractivity contribution in [2.75, 3.05) is 7.11 Å². The highest BCUT2D eigenvalue weighted by atomic mass is 79.9. The van der Waals surface area contributed by atoms with E-state index in [1.807, 2.05) is 12.1 Å². The minimum Gasteiger partial charge on any atom is -0.496 e. The Morgan fingerprint density at radius 1 is 1.50 bits per heavy atom. The Balaban J connectivity index is 3.00. The highest BCUT2D eigenvalue weighted by Gasteiger charge is 2.20. The van der Waals surface area contributed by atoms with Crippen LogP contribution in [-0.4, -0.2) is 17.0 Å². The van der Waals surface area contributed by atoms with Gasteiger partial charge in [0.15, 0.2) is 0 Å². The Bertz CT molecular complexity index is 348. The highest BCUT2D eigenvalue weighted by Crippen LogP contribution is 2.29. The zero-order valence-corrected chi connectivity index (χ0v) is 9.23. The fraction of sp³-hybridized carbons (Fsp3) is 0.300. The van der Waals surface area contributed by atoms with Crippen molar-refractivity contribution >= 4 is 15.9 Å². The van der Waals surface area contributed by atoms with Crippen LogP contribution in [0.5, 0.6) is 5.75 Å². The highest BCUT2D eigenvalue weighted by molar-refractivity contribution is 9.09. The number of methoxy groups -OCH3 is 1. The molecule has 0 aromatic heterocycles.